The predicted molar refractivity (Wildman–Crippen MR) is 74.9 cm³/mol. The van der Waals surface area contributed by atoms with Crippen LogP contribution in [0, 0.1) is 11.2 Å². The highest BCUT2D eigenvalue weighted by atomic mass is 19.1. The van der Waals surface area contributed by atoms with Gasteiger partial charge in [-0.15, -0.1) is 0 Å². The summed E-state index contributed by atoms with van der Waals surface area (Å²) in [6.07, 6.45) is 0.295. The number of hydrogen-bond acceptors (Lipinski definition) is 2. The first-order valence-electron chi connectivity index (χ1n) is 6.66. The molecule has 0 bridgehead atoms. The summed E-state index contributed by atoms with van der Waals surface area (Å²) in [6.45, 7) is 6.47. The smallest absolute Gasteiger partial charge is 0.289 e. The maximum atomic E-state index is 13.7. The van der Waals surface area contributed by atoms with E-state index in [1.54, 1.807) is 18.2 Å². The molecule has 0 atom stereocenters. The van der Waals surface area contributed by atoms with Crippen LogP contribution in [0.25, 0.3) is 0 Å². The largest absolute Gasteiger partial charge is 0.331 e. The van der Waals surface area contributed by atoms with Gasteiger partial charge in [0.2, 0.25) is 5.91 Å². The van der Waals surface area contributed by atoms with Gasteiger partial charge in [-0.25, -0.2) is 9.18 Å². The highest BCUT2D eigenvalue weighted by Crippen LogP contribution is 2.26. The fourth-order valence-corrected chi connectivity index (χ4v) is 2.21. The Balaban J connectivity index is 2.14. The number of hydrogen-bond donors (Lipinski definition) is 0. The average Bonchev–Trinajstić information content (AvgIpc) is 2.69. The Kier molecular flexibility index (Phi) is 3.79. The fraction of sp³-hybridized carbons (Fsp3) is 0.467. The van der Waals surface area contributed by atoms with Crippen molar-refractivity contribution >= 4 is 17.6 Å². The van der Waals surface area contributed by atoms with Gasteiger partial charge in [0.15, 0.2) is 0 Å². The van der Waals surface area contributed by atoms with Crippen LogP contribution in [0.15, 0.2) is 24.3 Å². The van der Waals surface area contributed by atoms with E-state index >= 15 is 0 Å². The van der Waals surface area contributed by atoms with Crippen LogP contribution in [-0.4, -0.2) is 29.9 Å². The van der Waals surface area contributed by atoms with Crippen molar-refractivity contribution in [2.45, 2.75) is 27.2 Å². The van der Waals surface area contributed by atoms with Crippen LogP contribution in [0.1, 0.15) is 27.2 Å². The van der Waals surface area contributed by atoms with Crippen molar-refractivity contribution in [3.8, 4) is 0 Å². The second-order valence-electron chi connectivity index (χ2n) is 6.17. The fourth-order valence-electron chi connectivity index (χ4n) is 2.21. The molecule has 1 heterocycles. The zero-order chi connectivity index (χ0) is 14.9. The Morgan fingerprint density at radius 3 is 2.50 bits per heavy atom. The highest BCUT2D eigenvalue weighted by Gasteiger charge is 2.36. The van der Waals surface area contributed by atoms with Crippen LogP contribution in [0.4, 0.5) is 14.9 Å². The van der Waals surface area contributed by atoms with E-state index in [0.29, 0.717) is 19.5 Å². The van der Waals surface area contributed by atoms with Gasteiger partial charge in [-0.3, -0.25) is 14.6 Å². The maximum absolute atomic E-state index is 13.7. The van der Waals surface area contributed by atoms with Crippen LogP contribution in [0.2, 0.25) is 0 Å². The number of urea groups is 1. The van der Waals surface area contributed by atoms with Crippen LogP contribution < -0.4 is 4.90 Å². The minimum Gasteiger partial charge on any atom is -0.289 e. The maximum Gasteiger partial charge on any atom is 0.331 e. The van der Waals surface area contributed by atoms with Crippen LogP contribution in [0.3, 0.4) is 0 Å². The Bertz CT molecular complexity index is 537. The van der Waals surface area contributed by atoms with E-state index < -0.39 is 11.8 Å². The van der Waals surface area contributed by atoms with Gasteiger partial charge in [-0.05, 0) is 17.5 Å². The van der Waals surface area contributed by atoms with Crippen molar-refractivity contribution in [3.63, 3.8) is 0 Å². The zero-order valence-electron chi connectivity index (χ0n) is 12.0. The van der Waals surface area contributed by atoms with E-state index in [4.69, 9.17) is 0 Å². The Morgan fingerprint density at radius 2 is 1.90 bits per heavy atom. The summed E-state index contributed by atoms with van der Waals surface area (Å²) < 4.78 is 13.7. The summed E-state index contributed by atoms with van der Waals surface area (Å²) in [7, 11) is 0. The first-order valence-corrected chi connectivity index (χ1v) is 6.66. The number of carbonyl (C=O) groups excluding carboxylic acids is 2. The number of nitrogens with zero attached hydrogens (tertiary/aromatic N) is 2. The predicted octanol–water partition coefficient (Wildman–Crippen LogP) is 3.03. The van der Waals surface area contributed by atoms with E-state index in [1.807, 2.05) is 20.8 Å². The standard InChI is InChI=1S/C15H19FN2O2/c1-15(2,3)10-13(19)18-9-8-17(14(18)20)12-7-5-4-6-11(12)16/h4-7H,8-10H2,1-3H3. The van der Waals surface area contributed by atoms with Crippen molar-refractivity contribution in [1.29, 1.82) is 0 Å². The molecule has 2 rings (SSSR count). The second kappa shape index (κ2) is 5.23. The number of para-hydroxylation sites is 1. The van der Waals surface area contributed by atoms with Gasteiger partial charge >= 0.3 is 6.03 Å². The van der Waals surface area contributed by atoms with Gasteiger partial charge < -0.3 is 0 Å². The topological polar surface area (TPSA) is 40.6 Å². The van der Waals surface area contributed by atoms with Gasteiger partial charge in [0.25, 0.3) is 0 Å². The molecule has 4 nitrogen and oxygen atoms in total. The lowest BCUT2D eigenvalue weighted by atomic mass is 9.92. The van der Waals surface area contributed by atoms with E-state index in [9.17, 15) is 14.0 Å². The molecule has 0 aliphatic carbocycles. The minimum atomic E-state index is -0.453. The molecule has 0 spiro atoms. The van der Waals surface area contributed by atoms with Gasteiger partial charge in [0.05, 0.1) is 5.69 Å². The molecule has 108 valence electrons. The van der Waals surface area contributed by atoms with Gasteiger partial charge in [0.1, 0.15) is 5.82 Å². The summed E-state index contributed by atoms with van der Waals surface area (Å²) in [6, 6.07) is 5.66. The molecule has 1 aromatic carbocycles. The highest BCUT2D eigenvalue weighted by molar-refractivity contribution is 6.04. The molecule has 1 aliphatic rings. The van der Waals surface area contributed by atoms with Gasteiger partial charge in [-0.2, -0.15) is 0 Å². The van der Waals surface area contributed by atoms with Crippen molar-refractivity contribution < 1.29 is 14.0 Å². The zero-order valence-corrected chi connectivity index (χ0v) is 12.0. The van der Waals surface area contributed by atoms with E-state index in [-0.39, 0.29) is 17.0 Å². The molecular formula is C15H19FN2O2. The monoisotopic (exact) mass is 278 g/mol. The molecular weight excluding hydrogens is 259 g/mol. The number of halogens is 1. The molecule has 20 heavy (non-hydrogen) atoms. The SMILES string of the molecule is CC(C)(C)CC(=O)N1CCN(c2ccccc2F)C1=O. The normalized spacial score (nSPS) is 15.9. The van der Waals surface area contributed by atoms with Crippen LogP contribution in [-0.2, 0) is 4.79 Å². The number of amides is 3. The van der Waals surface area contributed by atoms with E-state index in [0.717, 1.165) is 0 Å². The number of rotatable bonds is 2. The van der Waals surface area contributed by atoms with E-state index in [2.05, 4.69) is 0 Å². The third-order valence-corrected chi connectivity index (χ3v) is 3.13. The summed E-state index contributed by atoms with van der Waals surface area (Å²) in [5.41, 5.74) is 0.0477. The first kappa shape index (κ1) is 14.5. The van der Waals surface area contributed by atoms with Crippen LogP contribution >= 0.6 is 0 Å². The van der Waals surface area contributed by atoms with Crippen molar-refractivity contribution in [2.75, 3.05) is 18.0 Å². The molecule has 0 radical (unpaired) electrons. The summed E-state index contributed by atoms with van der Waals surface area (Å²) in [4.78, 5) is 26.9. The molecule has 1 aromatic rings. The molecule has 0 aromatic heterocycles. The molecule has 1 aliphatic heterocycles. The van der Waals surface area contributed by atoms with Crippen molar-refractivity contribution in [3.05, 3.63) is 30.1 Å². The number of carbonyl (C=O) groups is 2. The second-order valence-corrected chi connectivity index (χ2v) is 6.17. The quantitative estimate of drug-likeness (QED) is 0.834. The molecule has 1 saturated heterocycles. The third kappa shape index (κ3) is 2.98. The lowest BCUT2D eigenvalue weighted by Gasteiger charge is -2.22. The molecule has 3 amide bonds. The number of imide groups is 1. The van der Waals surface area contributed by atoms with Gasteiger partial charge in [-0.1, -0.05) is 32.9 Å². The molecule has 1 fully saturated rings. The van der Waals surface area contributed by atoms with Crippen molar-refractivity contribution in [1.82, 2.24) is 4.90 Å². The summed E-state index contributed by atoms with van der Waals surface area (Å²) in [5.74, 6) is -0.660. The third-order valence-electron chi connectivity index (χ3n) is 3.13. The lowest BCUT2D eigenvalue weighted by Crippen LogP contribution is -2.38. The summed E-state index contributed by atoms with van der Waals surface area (Å²) >= 11 is 0. The average molecular weight is 278 g/mol. The lowest BCUT2D eigenvalue weighted by molar-refractivity contribution is -0.129. The molecule has 5 heteroatoms. The Labute approximate surface area is 118 Å². The Morgan fingerprint density at radius 1 is 1.25 bits per heavy atom. The van der Waals surface area contributed by atoms with Crippen LogP contribution in [0.5, 0.6) is 0 Å². The molecule has 0 unspecified atom stereocenters. The van der Waals surface area contributed by atoms with Crippen molar-refractivity contribution in [2.24, 2.45) is 5.41 Å². The first-order chi connectivity index (χ1) is 9.29. The van der Waals surface area contributed by atoms with Gasteiger partial charge in [0, 0.05) is 19.5 Å². The Hall–Kier alpha value is -1.91. The minimum absolute atomic E-state index is 0.178. The number of anilines is 1. The summed E-state index contributed by atoms with van der Waals surface area (Å²) in [5, 5.41) is 0. The van der Waals surface area contributed by atoms with E-state index in [1.165, 1.54) is 15.9 Å². The molecule has 0 saturated carbocycles. The number of benzene rings is 1. The molecule has 0 N–H and O–H groups in total.